The van der Waals surface area contributed by atoms with Crippen molar-refractivity contribution in [3.8, 4) is 5.75 Å². The fourth-order valence-corrected chi connectivity index (χ4v) is 2.54. The third kappa shape index (κ3) is 2.85. The number of phenols is 1. The molecule has 0 heterocycles. The summed E-state index contributed by atoms with van der Waals surface area (Å²) in [4.78, 5) is 0. The molecule has 1 saturated carbocycles. The highest BCUT2D eigenvalue weighted by Crippen LogP contribution is 2.35. The van der Waals surface area contributed by atoms with E-state index in [-0.39, 0.29) is 5.60 Å². The lowest BCUT2D eigenvalue weighted by molar-refractivity contribution is -0.0709. The summed E-state index contributed by atoms with van der Waals surface area (Å²) < 4.78 is 5.62. The van der Waals surface area contributed by atoms with Crippen molar-refractivity contribution in [1.29, 1.82) is 0 Å². The monoisotopic (exact) mass is 249 g/mol. The van der Waals surface area contributed by atoms with Gasteiger partial charge in [-0.2, -0.15) is 0 Å². The molecule has 2 N–H and O–H groups in total. The Kier molecular flexibility index (Phi) is 4.25. The summed E-state index contributed by atoms with van der Waals surface area (Å²) in [5, 5.41) is 12.9. The quantitative estimate of drug-likeness (QED) is 0.814. The molecule has 1 aliphatic rings. The van der Waals surface area contributed by atoms with E-state index < -0.39 is 0 Å². The molecule has 18 heavy (non-hydrogen) atoms. The summed E-state index contributed by atoms with van der Waals surface area (Å²) in [5.41, 5.74) is 1.28. The summed E-state index contributed by atoms with van der Waals surface area (Å²) in [6.45, 7) is 3.08. The molecule has 2 rings (SSSR count). The molecule has 100 valence electrons. The van der Waals surface area contributed by atoms with Crippen molar-refractivity contribution in [3.05, 3.63) is 29.8 Å². The van der Waals surface area contributed by atoms with Crippen LogP contribution in [-0.2, 0) is 4.74 Å². The minimum atomic E-state index is 0.0599. The van der Waals surface area contributed by atoms with E-state index in [9.17, 15) is 5.11 Å². The first-order chi connectivity index (χ1) is 8.69. The fourth-order valence-electron chi connectivity index (χ4n) is 2.54. The van der Waals surface area contributed by atoms with Crippen LogP contribution < -0.4 is 5.32 Å². The standard InChI is InChI=1S/C15H23NO2/c1-3-14(12-5-7-13(17)8-6-12)16-11-15(18-2)9-4-10-15/h5-8,14,16-17H,3-4,9-11H2,1-2H3. The largest absolute Gasteiger partial charge is 0.508 e. The van der Waals surface area contributed by atoms with E-state index in [0.717, 1.165) is 25.8 Å². The number of hydrogen-bond acceptors (Lipinski definition) is 3. The lowest BCUT2D eigenvalue weighted by Crippen LogP contribution is -2.48. The van der Waals surface area contributed by atoms with E-state index in [0.29, 0.717) is 11.8 Å². The van der Waals surface area contributed by atoms with Crippen LogP contribution in [0.2, 0.25) is 0 Å². The predicted octanol–water partition coefficient (Wildman–Crippen LogP) is 3.00. The number of hydrogen-bond donors (Lipinski definition) is 2. The van der Waals surface area contributed by atoms with Crippen molar-refractivity contribution in [2.75, 3.05) is 13.7 Å². The molecule has 0 aromatic heterocycles. The summed E-state index contributed by atoms with van der Waals surface area (Å²) in [7, 11) is 1.81. The van der Waals surface area contributed by atoms with Crippen LogP contribution >= 0.6 is 0 Å². The Hall–Kier alpha value is -1.06. The van der Waals surface area contributed by atoms with Crippen LogP contribution in [0.1, 0.15) is 44.2 Å². The second-order valence-electron chi connectivity index (χ2n) is 5.17. The Morgan fingerprint density at radius 2 is 2.00 bits per heavy atom. The first-order valence-corrected chi connectivity index (χ1v) is 6.76. The number of aromatic hydroxyl groups is 1. The van der Waals surface area contributed by atoms with Crippen molar-refractivity contribution in [2.24, 2.45) is 0 Å². The Labute approximate surface area is 109 Å². The third-order valence-corrected chi connectivity index (χ3v) is 4.07. The number of rotatable bonds is 6. The first kappa shape index (κ1) is 13.4. The van der Waals surface area contributed by atoms with E-state index >= 15 is 0 Å². The zero-order valence-corrected chi connectivity index (χ0v) is 11.3. The van der Waals surface area contributed by atoms with Gasteiger partial charge >= 0.3 is 0 Å². The summed E-state index contributed by atoms with van der Waals surface area (Å²) >= 11 is 0. The molecule has 0 radical (unpaired) electrons. The van der Waals surface area contributed by atoms with Gasteiger partial charge in [0.05, 0.1) is 5.60 Å². The number of nitrogens with one attached hydrogen (secondary N) is 1. The third-order valence-electron chi connectivity index (χ3n) is 4.07. The minimum absolute atomic E-state index is 0.0599. The zero-order chi connectivity index (χ0) is 13.0. The molecule has 1 aliphatic carbocycles. The lowest BCUT2D eigenvalue weighted by Gasteiger charge is -2.41. The van der Waals surface area contributed by atoms with Gasteiger partial charge in [-0.25, -0.2) is 0 Å². The topological polar surface area (TPSA) is 41.5 Å². The van der Waals surface area contributed by atoms with Crippen molar-refractivity contribution in [3.63, 3.8) is 0 Å². The molecule has 1 atom stereocenters. The van der Waals surface area contributed by atoms with Gasteiger partial charge in [-0.1, -0.05) is 19.1 Å². The molecule has 0 amide bonds. The summed E-state index contributed by atoms with van der Waals surface area (Å²) in [6.07, 6.45) is 4.61. The highest BCUT2D eigenvalue weighted by atomic mass is 16.5. The van der Waals surface area contributed by atoms with Crippen LogP contribution in [0.5, 0.6) is 5.75 Å². The van der Waals surface area contributed by atoms with Gasteiger partial charge in [0.25, 0.3) is 0 Å². The number of phenolic OH excluding ortho intramolecular Hbond substituents is 1. The van der Waals surface area contributed by atoms with Crippen LogP contribution in [0.4, 0.5) is 0 Å². The molecule has 0 spiro atoms. The molecular weight excluding hydrogens is 226 g/mol. The Morgan fingerprint density at radius 3 is 2.44 bits per heavy atom. The lowest BCUT2D eigenvalue weighted by atomic mass is 9.79. The number of benzene rings is 1. The molecular formula is C15H23NO2. The second kappa shape index (κ2) is 5.72. The Morgan fingerprint density at radius 1 is 1.33 bits per heavy atom. The van der Waals surface area contributed by atoms with E-state index in [4.69, 9.17) is 4.74 Å². The van der Waals surface area contributed by atoms with Gasteiger partial charge in [0, 0.05) is 19.7 Å². The highest BCUT2D eigenvalue weighted by molar-refractivity contribution is 5.28. The van der Waals surface area contributed by atoms with Crippen molar-refractivity contribution < 1.29 is 9.84 Å². The molecule has 0 bridgehead atoms. The van der Waals surface area contributed by atoms with Crippen LogP contribution in [0, 0.1) is 0 Å². The van der Waals surface area contributed by atoms with Crippen molar-refractivity contribution in [2.45, 2.75) is 44.2 Å². The average molecular weight is 249 g/mol. The fraction of sp³-hybridized carbons (Fsp3) is 0.600. The molecule has 0 aliphatic heterocycles. The van der Waals surface area contributed by atoms with Gasteiger partial charge in [-0.3, -0.25) is 0 Å². The van der Waals surface area contributed by atoms with E-state index in [1.165, 1.54) is 12.0 Å². The van der Waals surface area contributed by atoms with Crippen LogP contribution in [0.3, 0.4) is 0 Å². The van der Waals surface area contributed by atoms with Crippen LogP contribution in [-0.4, -0.2) is 24.4 Å². The molecule has 0 saturated heterocycles. The maximum Gasteiger partial charge on any atom is 0.115 e. The highest BCUT2D eigenvalue weighted by Gasteiger charge is 2.37. The van der Waals surface area contributed by atoms with E-state index in [2.05, 4.69) is 12.2 Å². The molecule has 1 unspecified atom stereocenters. The minimum Gasteiger partial charge on any atom is -0.508 e. The maximum absolute atomic E-state index is 9.32. The Bertz CT molecular complexity index is 365. The van der Waals surface area contributed by atoms with E-state index in [1.807, 2.05) is 19.2 Å². The number of methoxy groups -OCH3 is 1. The second-order valence-corrected chi connectivity index (χ2v) is 5.17. The maximum atomic E-state index is 9.32. The van der Waals surface area contributed by atoms with Gasteiger partial charge < -0.3 is 15.2 Å². The van der Waals surface area contributed by atoms with Gasteiger partial charge in [0.2, 0.25) is 0 Å². The average Bonchev–Trinajstić information content (AvgIpc) is 2.35. The van der Waals surface area contributed by atoms with Gasteiger partial charge in [-0.15, -0.1) is 0 Å². The van der Waals surface area contributed by atoms with Crippen LogP contribution in [0.15, 0.2) is 24.3 Å². The van der Waals surface area contributed by atoms with Crippen molar-refractivity contribution >= 4 is 0 Å². The smallest absolute Gasteiger partial charge is 0.115 e. The Balaban J connectivity index is 1.95. The van der Waals surface area contributed by atoms with E-state index in [1.54, 1.807) is 12.1 Å². The van der Waals surface area contributed by atoms with Gasteiger partial charge in [0.1, 0.15) is 5.75 Å². The van der Waals surface area contributed by atoms with Gasteiger partial charge in [-0.05, 0) is 43.4 Å². The molecule has 1 aromatic carbocycles. The summed E-state index contributed by atoms with van der Waals surface area (Å²) in [5.74, 6) is 0.320. The molecule has 3 heteroatoms. The predicted molar refractivity (Wildman–Crippen MR) is 72.7 cm³/mol. The normalized spacial score (nSPS) is 19.2. The molecule has 3 nitrogen and oxygen atoms in total. The number of ether oxygens (including phenoxy) is 1. The van der Waals surface area contributed by atoms with Gasteiger partial charge in [0.15, 0.2) is 0 Å². The summed E-state index contributed by atoms with van der Waals surface area (Å²) in [6, 6.07) is 7.79. The molecule has 1 aromatic rings. The molecule has 1 fully saturated rings. The SMILES string of the molecule is CCC(NCC1(OC)CCC1)c1ccc(O)cc1. The van der Waals surface area contributed by atoms with Crippen molar-refractivity contribution in [1.82, 2.24) is 5.32 Å². The first-order valence-electron chi connectivity index (χ1n) is 6.76. The zero-order valence-electron chi connectivity index (χ0n) is 11.3. The van der Waals surface area contributed by atoms with Crippen LogP contribution in [0.25, 0.3) is 0 Å².